The lowest BCUT2D eigenvalue weighted by atomic mass is 9.88. The van der Waals surface area contributed by atoms with Crippen molar-refractivity contribution in [1.82, 2.24) is 16.0 Å². The number of rotatable bonds is 11. The molecule has 0 bridgehead atoms. The van der Waals surface area contributed by atoms with Crippen LogP contribution in [0, 0.1) is 0 Å². The van der Waals surface area contributed by atoms with E-state index < -0.39 is 0 Å². The van der Waals surface area contributed by atoms with Crippen molar-refractivity contribution in [1.29, 1.82) is 0 Å². The Labute approximate surface area is 175 Å². The molecule has 2 aromatic carbocycles. The van der Waals surface area contributed by atoms with Crippen molar-refractivity contribution in [2.45, 2.75) is 0 Å². The molecule has 0 amide bonds. The molecule has 0 aromatic heterocycles. The van der Waals surface area contributed by atoms with Gasteiger partial charge < -0.3 is 31.3 Å². The molecule has 30 heavy (non-hydrogen) atoms. The van der Waals surface area contributed by atoms with Gasteiger partial charge in [0, 0.05) is 49.7 Å². The summed E-state index contributed by atoms with van der Waals surface area (Å²) in [7, 11) is 0. The summed E-state index contributed by atoms with van der Waals surface area (Å²) in [5.74, 6) is -0.140. The van der Waals surface area contributed by atoms with Crippen LogP contribution in [0.15, 0.2) is 47.1 Å². The van der Waals surface area contributed by atoms with Gasteiger partial charge >= 0.3 is 0 Å². The fourth-order valence-electron chi connectivity index (χ4n) is 3.41. The zero-order valence-electron chi connectivity index (χ0n) is 16.8. The lowest BCUT2D eigenvalue weighted by molar-refractivity contribution is 0.104. The number of carbonyl (C=O) groups excluding carboxylic acids is 1. The molecular weight excluding hydrogens is 384 g/mol. The van der Waals surface area contributed by atoms with Gasteiger partial charge in [0.1, 0.15) is 5.75 Å². The summed E-state index contributed by atoms with van der Waals surface area (Å²) in [4.78, 5) is 17.5. The maximum Gasteiger partial charge on any atom is 0.188 e. The predicted octanol–water partition coefficient (Wildman–Crippen LogP) is 0.168. The number of fused-ring (bicyclic) bond motifs is 2. The number of nitrogens with zero attached hydrogens (tertiary/aromatic N) is 1. The molecular formula is C22H28N4O4. The van der Waals surface area contributed by atoms with Crippen molar-refractivity contribution in [3.05, 3.63) is 53.2 Å². The number of phenols is 1. The number of aromatic hydroxyl groups is 1. The first-order valence-electron chi connectivity index (χ1n) is 10.1. The standard InChI is InChI=1S/C22H28N4O4/c27-11-9-23-5-7-25-18-14-19(29)17-13-15-3-1-2-4-16(15)22(30)20(17)21(18)26-8-6-24-10-12-28/h1-4,13-14,23-25,27-28,30H,5-12H2. The van der Waals surface area contributed by atoms with E-state index in [-0.39, 0.29) is 24.7 Å². The first kappa shape index (κ1) is 21.9. The Balaban J connectivity index is 1.93. The SMILES string of the molecule is O=C1C=C(NCCNCCO)C(=NCCNCCO)c2c1cc1ccccc1c2O. The minimum atomic E-state index is -0.186. The summed E-state index contributed by atoms with van der Waals surface area (Å²) in [6.45, 7) is 3.21. The van der Waals surface area contributed by atoms with Crippen LogP contribution in [0.25, 0.3) is 10.8 Å². The zero-order valence-corrected chi connectivity index (χ0v) is 16.8. The molecule has 2 aromatic rings. The summed E-state index contributed by atoms with van der Waals surface area (Å²) in [6.07, 6.45) is 1.52. The van der Waals surface area contributed by atoms with Gasteiger partial charge in [-0.15, -0.1) is 0 Å². The fourth-order valence-corrected chi connectivity index (χ4v) is 3.41. The smallest absolute Gasteiger partial charge is 0.188 e. The molecule has 0 atom stereocenters. The van der Waals surface area contributed by atoms with E-state index in [1.165, 1.54) is 6.08 Å². The third-order valence-corrected chi connectivity index (χ3v) is 4.81. The average Bonchev–Trinajstić information content (AvgIpc) is 2.75. The number of hydrogen-bond acceptors (Lipinski definition) is 8. The van der Waals surface area contributed by atoms with Crippen LogP contribution in [0.5, 0.6) is 5.75 Å². The topological polar surface area (TPSA) is 126 Å². The Morgan fingerprint density at radius 1 is 0.933 bits per heavy atom. The number of benzene rings is 2. The molecule has 0 spiro atoms. The number of carbonyl (C=O) groups is 1. The van der Waals surface area contributed by atoms with Crippen LogP contribution in [0.2, 0.25) is 0 Å². The fraction of sp³-hybridized carbons (Fsp3) is 0.364. The Morgan fingerprint density at radius 2 is 1.67 bits per heavy atom. The van der Waals surface area contributed by atoms with Gasteiger partial charge in [0.05, 0.1) is 36.7 Å². The lowest BCUT2D eigenvalue weighted by Crippen LogP contribution is -2.34. The van der Waals surface area contributed by atoms with Gasteiger partial charge in [-0.2, -0.15) is 0 Å². The molecule has 8 heteroatoms. The summed E-state index contributed by atoms with van der Waals surface area (Å²) in [5.41, 5.74) is 1.97. The van der Waals surface area contributed by atoms with E-state index in [9.17, 15) is 9.90 Å². The summed E-state index contributed by atoms with van der Waals surface area (Å²) in [5, 5.41) is 39.6. The molecule has 0 unspecified atom stereocenters. The Bertz CT molecular complexity index is 956. The van der Waals surface area contributed by atoms with E-state index >= 15 is 0 Å². The Hall–Kier alpha value is -2.78. The molecule has 0 aliphatic heterocycles. The van der Waals surface area contributed by atoms with Crippen molar-refractivity contribution in [3.63, 3.8) is 0 Å². The van der Waals surface area contributed by atoms with Crippen molar-refractivity contribution < 1.29 is 20.1 Å². The second-order valence-corrected chi connectivity index (χ2v) is 6.90. The summed E-state index contributed by atoms with van der Waals surface area (Å²) in [6, 6.07) is 9.19. The van der Waals surface area contributed by atoms with Crippen LogP contribution in [0.1, 0.15) is 15.9 Å². The maximum atomic E-state index is 12.8. The summed E-state index contributed by atoms with van der Waals surface area (Å²) >= 11 is 0. The van der Waals surface area contributed by atoms with Crippen LogP contribution in [-0.2, 0) is 0 Å². The van der Waals surface area contributed by atoms with Gasteiger partial charge in [0.15, 0.2) is 5.78 Å². The first-order valence-corrected chi connectivity index (χ1v) is 10.1. The van der Waals surface area contributed by atoms with E-state index in [0.29, 0.717) is 67.2 Å². The number of nitrogens with one attached hydrogen (secondary N) is 3. The molecule has 1 aliphatic carbocycles. The van der Waals surface area contributed by atoms with E-state index in [2.05, 4.69) is 20.9 Å². The van der Waals surface area contributed by atoms with E-state index in [0.717, 1.165) is 5.39 Å². The zero-order chi connectivity index (χ0) is 21.3. The lowest BCUT2D eigenvalue weighted by Gasteiger charge is -2.22. The second kappa shape index (κ2) is 10.8. The number of aliphatic hydroxyl groups excluding tert-OH is 2. The number of hydrogen-bond donors (Lipinski definition) is 6. The van der Waals surface area contributed by atoms with Crippen LogP contribution in [0.3, 0.4) is 0 Å². The van der Waals surface area contributed by atoms with Gasteiger partial charge in [0.25, 0.3) is 0 Å². The van der Waals surface area contributed by atoms with E-state index in [1.807, 2.05) is 24.3 Å². The van der Waals surface area contributed by atoms with Gasteiger partial charge in [-0.25, -0.2) is 0 Å². The second-order valence-electron chi connectivity index (χ2n) is 6.90. The number of aliphatic imine (C=N–C) groups is 1. The highest BCUT2D eigenvalue weighted by Gasteiger charge is 2.28. The molecule has 0 fully saturated rings. The predicted molar refractivity (Wildman–Crippen MR) is 117 cm³/mol. The quantitative estimate of drug-likeness (QED) is 0.291. The third-order valence-electron chi connectivity index (χ3n) is 4.81. The monoisotopic (exact) mass is 412 g/mol. The van der Waals surface area contributed by atoms with Gasteiger partial charge in [-0.05, 0) is 11.5 Å². The van der Waals surface area contributed by atoms with Crippen molar-refractivity contribution in [3.8, 4) is 5.75 Å². The van der Waals surface area contributed by atoms with Crippen LogP contribution >= 0.6 is 0 Å². The third kappa shape index (κ3) is 5.03. The minimum absolute atomic E-state index is 0.0457. The molecule has 0 radical (unpaired) electrons. The number of aliphatic hydroxyl groups is 2. The van der Waals surface area contributed by atoms with Crippen molar-refractivity contribution >= 4 is 22.3 Å². The molecule has 1 aliphatic rings. The summed E-state index contributed by atoms with van der Waals surface area (Å²) < 4.78 is 0. The van der Waals surface area contributed by atoms with Gasteiger partial charge in [-0.3, -0.25) is 9.79 Å². The van der Waals surface area contributed by atoms with Gasteiger partial charge in [0.2, 0.25) is 0 Å². The van der Waals surface area contributed by atoms with Gasteiger partial charge in [-0.1, -0.05) is 24.3 Å². The normalized spacial score (nSPS) is 14.8. The molecule has 0 heterocycles. The van der Waals surface area contributed by atoms with Crippen molar-refractivity contribution in [2.24, 2.45) is 4.99 Å². The molecule has 0 saturated carbocycles. The van der Waals surface area contributed by atoms with Crippen LogP contribution < -0.4 is 16.0 Å². The highest BCUT2D eigenvalue weighted by molar-refractivity contribution is 6.29. The molecule has 8 nitrogen and oxygen atoms in total. The highest BCUT2D eigenvalue weighted by Crippen LogP contribution is 2.35. The largest absolute Gasteiger partial charge is 0.507 e. The number of allylic oxidation sites excluding steroid dienone is 2. The molecule has 3 rings (SSSR count). The Morgan fingerprint density at radius 3 is 2.43 bits per heavy atom. The van der Waals surface area contributed by atoms with Crippen molar-refractivity contribution in [2.75, 3.05) is 52.5 Å². The molecule has 6 N–H and O–H groups in total. The average molecular weight is 412 g/mol. The molecule has 160 valence electrons. The number of phenolic OH excluding ortho intramolecular Hbond substituents is 1. The van der Waals surface area contributed by atoms with E-state index in [4.69, 9.17) is 10.2 Å². The van der Waals surface area contributed by atoms with Crippen LogP contribution in [0.4, 0.5) is 0 Å². The minimum Gasteiger partial charge on any atom is -0.507 e. The highest BCUT2D eigenvalue weighted by atomic mass is 16.3. The van der Waals surface area contributed by atoms with E-state index in [1.54, 1.807) is 6.07 Å². The number of ketones is 1. The van der Waals surface area contributed by atoms with Crippen LogP contribution in [-0.4, -0.2) is 79.3 Å². The maximum absolute atomic E-state index is 12.8. The molecule has 0 saturated heterocycles. The first-order chi connectivity index (χ1) is 14.7. The Kier molecular flexibility index (Phi) is 7.92.